The van der Waals surface area contributed by atoms with E-state index in [0.717, 1.165) is 12.3 Å². The first-order valence-electron chi connectivity index (χ1n) is 8.02. The molecule has 0 atom stereocenters. The van der Waals surface area contributed by atoms with Crippen LogP contribution in [0.15, 0.2) is 48.7 Å². The predicted molar refractivity (Wildman–Crippen MR) is 97.8 cm³/mol. The Kier molecular flexibility index (Phi) is 5.83. The van der Waals surface area contributed by atoms with E-state index < -0.39 is 18.8 Å². The van der Waals surface area contributed by atoms with Gasteiger partial charge in [-0.2, -0.15) is 13.2 Å². The summed E-state index contributed by atoms with van der Waals surface area (Å²) in [5.41, 5.74) is 0.741. The van der Waals surface area contributed by atoms with Crippen LogP contribution in [-0.4, -0.2) is 43.6 Å². The number of nitrogens with zero attached hydrogens (tertiary/aromatic N) is 4. The Morgan fingerprint density at radius 3 is 2.59 bits per heavy atom. The van der Waals surface area contributed by atoms with Crippen molar-refractivity contribution in [3.63, 3.8) is 0 Å². The van der Waals surface area contributed by atoms with E-state index >= 15 is 0 Å². The quantitative estimate of drug-likeness (QED) is 0.601. The third-order valence-corrected chi connectivity index (χ3v) is 3.84. The predicted octanol–water partition coefficient (Wildman–Crippen LogP) is 4.02. The van der Waals surface area contributed by atoms with Gasteiger partial charge in [-0.25, -0.2) is 9.78 Å². The fourth-order valence-corrected chi connectivity index (χ4v) is 2.57. The van der Waals surface area contributed by atoms with Crippen LogP contribution in [0.2, 0.25) is 5.02 Å². The Bertz CT molecular complexity index is 1050. The Morgan fingerprint density at radius 2 is 1.97 bits per heavy atom. The molecular weight excluding hydrogens is 413 g/mol. The molecule has 2 heterocycles. The van der Waals surface area contributed by atoms with Crippen LogP contribution in [0, 0.1) is 0 Å². The van der Waals surface area contributed by atoms with Gasteiger partial charge >= 0.3 is 12.1 Å². The van der Waals surface area contributed by atoms with Crippen LogP contribution in [-0.2, 0) is 4.79 Å². The minimum atomic E-state index is -4.46. The standard InChI is InChI=1S/C18H12ClF3N4O3/c19-12-3-1-2-4-14(12)26-15(7-8-16(27)28)24-25-17(26)13-6-5-11(9-23-13)29-10-18(20,21)22/h1-9H,10H2,(H,27,28)/b8-7+. The maximum absolute atomic E-state index is 12.3. The molecule has 0 saturated heterocycles. The van der Waals surface area contributed by atoms with Crippen LogP contribution in [0.5, 0.6) is 5.75 Å². The van der Waals surface area contributed by atoms with E-state index in [2.05, 4.69) is 19.9 Å². The summed E-state index contributed by atoms with van der Waals surface area (Å²) in [5, 5.41) is 17.2. The van der Waals surface area contributed by atoms with Gasteiger partial charge in [-0.1, -0.05) is 23.7 Å². The molecule has 1 N–H and O–H groups in total. The number of ether oxygens (including phenoxy) is 1. The molecule has 1 aromatic carbocycles. The van der Waals surface area contributed by atoms with E-state index in [1.807, 2.05) is 0 Å². The summed E-state index contributed by atoms with van der Waals surface area (Å²) in [6.07, 6.45) is -1.21. The number of hydrogen-bond acceptors (Lipinski definition) is 5. The molecule has 0 bridgehead atoms. The van der Waals surface area contributed by atoms with Gasteiger partial charge in [0.05, 0.1) is 16.9 Å². The first-order chi connectivity index (χ1) is 13.7. The number of aliphatic carboxylic acids is 1. The Hall–Kier alpha value is -3.40. The molecule has 29 heavy (non-hydrogen) atoms. The normalized spacial score (nSPS) is 11.7. The number of pyridine rings is 1. The third kappa shape index (κ3) is 5.11. The summed E-state index contributed by atoms with van der Waals surface area (Å²) < 4.78 is 42.9. The van der Waals surface area contributed by atoms with E-state index in [1.165, 1.54) is 22.8 Å². The number of alkyl halides is 3. The van der Waals surface area contributed by atoms with Gasteiger partial charge in [-0.3, -0.25) is 4.57 Å². The summed E-state index contributed by atoms with van der Waals surface area (Å²) in [5.74, 6) is -0.856. The number of rotatable bonds is 6. The molecule has 7 nitrogen and oxygen atoms in total. The lowest BCUT2D eigenvalue weighted by Gasteiger charge is -2.11. The average molecular weight is 425 g/mol. The first-order valence-corrected chi connectivity index (χ1v) is 8.40. The second-order valence-corrected chi connectivity index (χ2v) is 6.03. The highest BCUT2D eigenvalue weighted by atomic mass is 35.5. The Morgan fingerprint density at radius 1 is 1.21 bits per heavy atom. The van der Waals surface area contributed by atoms with Crippen LogP contribution >= 0.6 is 11.6 Å². The third-order valence-electron chi connectivity index (χ3n) is 3.52. The Balaban J connectivity index is 2.01. The topological polar surface area (TPSA) is 90.1 Å². The number of hydrogen-bond donors (Lipinski definition) is 1. The molecule has 0 aliphatic rings. The van der Waals surface area contributed by atoms with E-state index in [-0.39, 0.29) is 23.1 Å². The molecule has 0 radical (unpaired) electrons. The molecule has 2 aromatic heterocycles. The lowest BCUT2D eigenvalue weighted by atomic mass is 10.2. The van der Waals surface area contributed by atoms with Crippen molar-refractivity contribution >= 4 is 23.6 Å². The second-order valence-electron chi connectivity index (χ2n) is 5.62. The molecule has 3 aromatic rings. The highest BCUT2D eigenvalue weighted by Gasteiger charge is 2.28. The highest BCUT2D eigenvalue weighted by molar-refractivity contribution is 6.32. The largest absolute Gasteiger partial charge is 0.483 e. The molecular formula is C18H12ClF3N4O3. The number of carboxylic acid groups (broad SMARTS) is 1. The number of carbonyl (C=O) groups is 1. The summed E-state index contributed by atoms with van der Waals surface area (Å²) in [6, 6.07) is 9.46. The molecule has 11 heteroatoms. The first kappa shape index (κ1) is 20.3. The fourth-order valence-electron chi connectivity index (χ4n) is 2.35. The van der Waals surface area contributed by atoms with Gasteiger partial charge in [0.2, 0.25) is 0 Å². The van der Waals surface area contributed by atoms with Crippen molar-refractivity contribution in [1.29, 1.82) is 0 Å². The van der Waals surface area contributed by atoms with E-state index in [4.69, 9.17) is 16.7 Å². The summed E-state index contributed by atoms with van der Waals surface area (Å²) in [6.45, 7) is -1.44. The number of halogens is 4. The molecule has 150 valence electrons. The molecule has 0 aliphatic heterocycles. The van der Waals surface area contributed by atoms with Crippen LogP contribution in [0.4, 0.5) is 13.2 Å². The zero-order chi connectivity index (χ0) is 21.0. The van der Waals surface area contributed by atoms with Crippen molar-refractivity contribution in [3.8, 4) is 23.0 Å². The lowest BCUT2D eigenvalue weighted by Crippen LogP contribution is -2.19. The molecule has 0 spiro atoms. The van der Waals surface area contributed by atoms with Gasteiger partial charge in [-0.15, -0.1) is 10.2 Å². The molecule has 0 aliphatic carbocycles. The van der Waals surface area contributed by atoms with Crippen molar-refractivity contribution in [2.75, 3.05) is 6.61 Å². The zero-order valence-electron chi connectivity index (χ0n) is 14.5. The second kappa shape index (κ2) is 8.31. The van der Waals surface area contributed by atoms with Crippen molar-refractivity contribution < 1.29 is 27.8 Å². The molecule has 0 amide bonds. The number of para-hydroxylation sites is 1. The lowest BCUT2D eigenvalue weighted by molar-refractivity contribution is -0.153. The van der Waals surface area contributed by atoms with Gasteiger partial charge in [0, 0.05) is 6.08 Å². The van der Waals surface area contributed by atoms with Crippen LogP contribution in [0.3, 0.4) is 0 Å². The molecule has 3 rings (SSSR count). The number of benzene rings is 1. The number of aromatic nitrogens is 4. The zero-order valence-corrected chi connectivity index (χ0v) is 15.2. The van der Waals surface area contributed by atoms with Crippen LogP contribution < -0.4 is 4.74 Å². The van der Waals surface area contributed by atoms with Crippen molar-refractivity contribution in [1.82, 2.24) is 19.7 Å². The van der Waals surface area contributed by atoms with Crippen molar-refractivity contribution in [2.24, 2.45) is 0 Å². The SMILES string of the molecule is O=C(O)/C=C/c1nnc(-c2ccc(OCC(F)(F)F)cn2)n1-c1ccccc1Cl. The maximum Gasteiger partial charge on any atom is 0.422 e. The fraction of sp³-hybridized carbons (Fsp3) is 0.111. The molecule has 0 fully saturated rings. The minimum Gasteiger partial charge on any atom is -0.483 e. The number of carboxylic acids is 1. The summed E-state index contributed by atoms with van der Waals surface area (Å²) in [4.78, 5) is 14.9. The molecule has 0 saturated carbocycles. The molecule has 0 unspecified atom stereocenters. The van der Waals surface area contributed by atoms with Crippen LogP contribution in [0.25, 0.3) is 23.3 Å². The minimum absolute atomic E-state index is 0.0686. The monoisotopic (exact) mass is 424 g/mol. The summed E-state index contributed by atoms with van der Waals surface area (Å²) in [7, 11) is 0. The van der Waals surface area contributed by atoms with Gasteiger partial charge in [0.1, 0.15) is 11.4 Å². The average Bonchev–Trinajstić information content (AvgIpc) is 3.08. The smallest absolute Gasteiger partial charge is 0.422 e. The van der Waals surface area contributed by atoms with Gasteiger partial charge in [0.25, 0.3) is 0 Å². The summed E-state index contributed by atoms with van der Waals surface area (Å²) >= 11 is 6.26. The highest BCUT2D eigenvalue weighted by Crippen LogP contribution is 2.28. The van der Waals surface area contributed by atoms with Crippen molar-refractivity contribution in [2.45, 2.75) is 6.18 Å². The van der Waals surface area contributed by atoms with Crippen molar-refractivity contribution in [3.05, 3.63) is 59.5 Å². The van der Waals surface area contributed by atoms with Gasteiger partial charge < -0.3 is 9.84 Å². The van der Waals surface area contributed by atoms with E-state index in [0.29, 0.717) is 10.7 Å². The van der Waals surface area contributed by atoms with E-state index in [9.17, 15) is 18.0 Å². The van der Waals surface area contributed by atoms with Gasteiger partial charge in [-0.05, 0) is 30.3 Å². The van der Waals surface area contributed by atoms with E-state index in [1.54, 1.807) is 24.3 Å². The van der Waals surface area contributed by atoms with Gasteiger partial charge in [0.15, 0.2) is 18.3 Å². The maximum atomic E-state index is 12.3. The Labute approximate surface area is 167 Å². The van der Waals surface area contributed by atoms with Crippen LogP contribution in [0.1, 0.15) is 5.82 Å².